The molecule has 29 heteroatoms. The molecule has 7 aromatic carbocycles. The van der Waals surface area contributed by atoms with E-state index in [9.17, 15) is 38.9 Å². The summed E-state index contributed by atoms with van der Waals surface area (Å²) >= 11 is 0. The first-order valence-corrected chi connectivity index (χ1v) is 47.3. The van der Waals surface area contributed by atoms with E-state index >= 15 is 0 Å². The molecule has 12 heterocycles. The number of aryl methyl sites for hydroxylation is 10. The number of esters is 1. The van der Waals surface area contributed by atoms with Crippen LogP contribution in [0.4, 0.5) is 5.69 Å². The lowest BCUT2D eigenvalue weighted by Gasteiger charge is -2.18. The van der Waals surface area contributed by atoms with Gasteiger partial charge in [-0.05, 0) is 153 Å². The van der Waals surface area contributed by atoms with Crippen LogP contribution in [0.1, 0.15) is 190 Å². The normalized spacial score (nSPS) is 10.7. The van der Waals surface area contributed by atoms with Crippen molar-refractivity contribution in [2.75, 3.05) is 0 Å². The number of Topliss-reactive ketones (excluding diaryl/α,β-unsaturated/α-hetero) is 5. The van der Waals surface area contributed by atoms with Crippen molar-refractivity contribution in [1.82, 2.24) is 60.8 Å². The smallest absolute Gasteiger partial charge is 0.340 e. The molecule has 29 nitrogen and oxygen atoms in total. The van der Waals surface area contributed by atoms with E-state index in [-0.39, 0.29) is 52.2 Å². The van der Waals surface area contributed by atoms with Gasteiger partial charge in [0, 0.05) is 248 Å². The van der Waals surface area contributed by atoms with E-state index in [1.807, 2.05) is 122 Å². The minimum Gasteiger partial charge on any atom is -0.454 e. The first-order valence-electron chi connectivity index (χ1n) is 47.3. The van der Waals surface area contributed by atoms with Crippen LogP contribution in [0.3, 0.4) is 0 Å². The van der Waals surface area contributed by atoms with Crippen LogP contribution in [-0.4, -0.2) is 101 Å². The van der Waals surface area contributed by atoms with Crippen LogP contribution < -0.4 is 4.74 Å². The molecule has 0 spiro atoms. The van der Waals surface area contributed by atoms with E-state index in [0.717, 1.165) is 74.2 Å². The van der Waals surface area contributed by atoms with Crippen LogP contribution in [0.15, 0.2) is 374 Å². The number of nitrogens with zero attached hydrogens (tertiary/aromatic N) is 13. The molecule has 734 valence electrons. The standard InChI is InChI=1S/C22H15N3O6.C21H22N2O2.C20H20N2O2.C19H18N2O2.C18H16N2O2.C17H14N2O2/c26-22(16-8-11-21(23-13-16)30-18-4-2-1-3-5-18)29-14-19-12-20(24-31-19)15-6-9-17(10-7-15)25(27)28;1-21(2,3)17-8-6-15(7-9-17)19-13-18(25-23-19)10-11-20(24)16-5-4-12-22-14-16;1-13-9-14(2)20(15(3)10-13)18-11-17(24-22-18)6-7-19(23)16-5-4-8-21-12-16;1-2-14-5-7-15(8-6-14)18-12-17(23-21-18)9-10-19(22)16-4-3-11-20-13-16;1-13-4-6-14(7-5-13)17-11-16(22-20-17)8-9-18(21)15-3-2-10-19-12-15;20-17(14-7-4-10-18-12-14)9-8-15-11-16(19-21-15)13-5-2-1-3-6-13/h1-13H,14H2;4-9,12-14H,10-11H2,1-3H3;4-5,8-12H,6-7H2,1-3H3;3-8,11-13H,2,9-10H2,1H3;2-7,10-12H,8-9H2,1H3;1-7,10-12H,8-9H2. The van der Waals surface area contributed by atoms with Crippen molar-refractivity contribution in [3.05, 3.63) is 459 Å². The summed E-state index contributed by atoms with van der Waals surface area (Å²) in [6, 6.07) is 85.8. The zero-order chi connectivity index (χ0) is 103. The van der Waals surface area contributed by atoms with Gasteiger partial charge in [0.2, 0.25) is 5.88 Å². The largest absolute Gasteiger partial charge is 0.454 e. The second-order valence-corrected chi connectivity index (χ2v) is 35.0. The molecule has 0 saturated carbocycles. The SMILES string of the molecule is CC(C)(C)c1ccc(-c2cc(CCC(=O)c3cccnc3)on2)cc1.CCc1ccc(-c2cc(CCC(=O)c3cccnc3)on2)cc1.Cc1cc(C)c(-c2cc(CCC(=O)c3cccnc3)on2)c(C)c1.Cc1ccc(-c2cc(CCC(=O)c3cccnc3)on2)cc1.O=C(CCc1cc(-c2ccccc2)no1)c1cccnc1.O=C(OCc1cc(-c2ccc([N+](=O)[O-])cc2)no1)c1ccc(Oc2ccccc2)nc1. The fraction of sp³-hybridized carbons (Fsp3) is 0.179. The maximum Gasteiger partial charge on any atom is 0.340 e. The van der Waals surface area contributed by atoms with Crippen LogP contribution in [0.25, 0.3) is 67.5 Å². The monoisotopic (exact) mass is 1950 g/mol. The molecule has 12 aromatic heterocycles. The fourth-order valence-electron chi connectivity index (χ4n) is 15.0. The number of nitro benzene ring substituents is 1. The summed E-state index contributed by atoms with van der Waals surface area (Å²) in [5.41, 5.74) is 21.2. The topological polar surface area (TPSA) is 398 Å². The van der Waals surface area contributed by atoms with E-state index in [2.05, 4.69) is 158 Å². The number of carbonyl (C=O) groups is 6. The van der Waals surface area contributed by atoms with Crippen molar-refractivity contribution >= 4 is 40.6 Å². The number of rotatable bonds is 33. The van der Waals surface area contributed by atoms with Gasteiger partial charge in [0.15, 0.2) is 41.3 Å². The molecule has 0 N–H and O–H groups in total. The minimum atomic E-state index is -0.577. The van der Waals surface area contributed by atoms with Crippen molar-refractivity contribution in [2.24, 2.45) is 0 Å². The highest BCUT2D eigenvalue weighted by Gasteiger charge is 2.22. The number of nitro groups is 1. The van der Waals surface area contributed by atoms with Gasteiger partial charge in [-0.25, -0.2) is 9.78 Å². The Morgan fingerprint density at radius 1 is 0.336 bits per heavy atom. The molecular formula is C117H105N13O16. The number of pyridine rings is 6. The molecule has 0 amide bonds. The molecule has 0 aliphatic carbocycles. The summed E-state index contributed by atoms with van der Waals surface area (Å²) in [4.78, 5) is 107. The van der Waals surface area contributed by atoms with Crippen molar-refractivity contribution < 1.29 is 70.3 Å². The average molecular weight is 1950 g/mol. The third-order valence-corrected chi connectivity index (χ3v) is 23.0. The highest BCUT2D eigenvalue weighted by atomic mass is 16.6. The predicted octanol–water partition coefficient (Wildman–Crippen LogP) is 25.6. The number of ketones is 5. The fourth-order valence-corrected chi connectivity index (χ4v) is 15.0. The molecule has 19 aromatic rings. The molecule has 146 heavy (non-hydrogen) atoms. The van der Waals surface area contributed by atoms with Crippen LogP contribution >= 0.6 is 0 Å². The lowest BCUT2D eigenvalue weighted by molar-refractivity contribution is -0.384. The van der Waals surface area contributed by atoms with Crippen molar-refractivity contribution in [3.63, 3.8) is 0 Å². The molecule has 0 aliphatic rings. The second-order valence-electron chi connectivity index (χ2n) is 35.0. The molecule has 19 rings (SSSR count). The molecule has 0 aliphatic heterocycles. The number of carbonyl (C=O) groups excluding carboxylic acids is 6. The number of hydrogen-bond acceptors (Lipinski definition) is 28. The molecule has 0 radical (unpaired) electrons. The first-order chi connectivity index (χ1) is 70.9. The molecule has 0 unspecified atom stereocenters. The van der Waals surface area contributed by atoms with E-state index in [1.165, 1.54) is 51.7 Å². The Labute approximate surface area is 842 Å². The van der Waals surface area contributed by atoms with Gasteiger partial charge in [-0.15, -0.1) is 0 Å². The number of aromatic nitrogens is 12. The molecule has 0 atom stereocenters. The third-order valence-electron chi connectivity index (χ3n) is 23.0. The van der Waals surface area contributed by atoms with Gasteiger partial charge in [-0.2, -0.15) is 0 Å². The van der Waals surface area contributed by atoms with Gasteiger partial charge in [-0.3, -0.25) is 59.0 Å². The van der Waals surface area contributed by atoms with Crippen molar-refractivity contribution in [3.8, 4) is 79.2 Å². The molecule has 0 bridgehead atoms. The van der Waals surface area contributed by atoms with E-state index < -0.39 is 10.9 Å². The van der Waals surface area contributed by atoms with Gasteiger partial charge in [0.1, 0.15) is 68.7 Å². The Balaban J connectivity index is 0.000000139. The van der Waals surface area contributed by atoms with Gasteiger partial charge in [0.25, 0.3) is 5.69 Å². The summed E-state index contributed by atoms with van der Waals surface area (Å²) in [5, 5.41) is 35.2. The van der Waals surface area contributed by atoms with E-state index in [1.54, 1.807) is 165 Å². The molecule has 0 saturated heterocycles. The minimum absolute atomic E-state index is 0.0183. The Hall–Kier alpha value is -18.3. The summed E-state index contributed by atoms with van der Waals surface area (Å²) in [6.07, 6.45) is 23.2. The lowest BCUT2D eigenvalue weighted by Crippen LogP contribution is -2.10. The predicted molar refractivity (Wildman–Crippen MR) is 550 cm³/mol. The Bertz CT molecular complexity index is 7420. The Morgan fingerprint density at radius 2 is 0.664 bits per heavy atom. The second kappa shape index (κ2) is 51.8. The van der Waals surface area contributed by atoms with E-state index in [0.29, 0.717) is 138 Å². The maximum absolute atomic E-state index is 12.2. The van der Waals surface area contributed by atoms with Crippen LogP contribution in [0, 0.1) is 37.8 Å². The molecule has 0 fully saturated rings. The summed E-state index contributed by atoms with van der Waals surface area (Å²) in [7, 11) is 0. The first kappa shape index (κ1) is 104. The summed E-state index contributed by atoms with van der Waals surface area (Å²) in [5.74, 6) is 4.62. The zero-order valence-electron chi connectivity index (χ0n) is 81.7. The number of ether oxygens (including phenoxy) is 2. The van der Waals surface area contributed by atoms with Crippen molar-refractivity contribution in [1.29, 1.82) is 0 Å². The van der Waals surface area contributed by atoms with Gasteiger partial charge in [0.05, 0.1) is 10.5 Å². The summed E-state index contributed by atoms with van der Waals surface area (Å²) < 4.78 is 42.7. The van der Waals surface area contributed by atoms with Crippen LogP contribution in [0.2, 0.25) is 0 Å². The number of hydrogen-bond donors (Lipinski definition) is 0. The number of para-hydroxylation sites is 1. The zero-order valence-corrected chi connectivity index (χ0v) is 81.7. The van der Waals surface area contributed by atoms with Gasteiger partial charge >= 0.3 is 5.97 Å². The number of non-ortho nitro benzene ring substituents is 1. The maximum atomic E-state index is 12.2. The van der Waals surface area contributed by atoms with Gasteiger partial charge in [-0.1, -0.05) is 203 Å². The highest BCUT2D eigenvalue weighted by molar-refractivity contribution is 5.98. The number of benzene rings is 7. The quantitative estimate of drug-likeness (QED) is 0.0159. The Kier molecular flexibility index (Phi) is 36.7. The lowest BCUT2D eigenvalue weighted by atomic mass is 9.86. The third kappa shape index (κ3) is 30.9. The van der Waals surface area contributed by atoms with Gasteiger partial charge < -0.3 is 36.6 Å². The average Bonchev–Trinajstić information content (AvgIpc) is 1.68. The van der Waals surface area contributed by atoms with Crippen molar-refractivity contribution in [2.45, 2.75) is 138 Å². The van der Waals surface area contributed by atoms with E-state index in [4.69, 9.17) is 36.6 Å². The van der Waals surface area contributed by atoms with Crippen LogP contribution in [0.5, 0.6) is 11.6 Å². The summed E-state index contributed by atoms with van der Waals surface area (Å²) in [6.45, 7) is 16.9. The Morgan fingerprint density at radius 3 is 1.01 bits per heavy atom. The van der Waals surface area contributed by atoms with Crippen LogP contribution in [-0.2, 0) is 55.3 Å². The highest BCUT2D eigenvalue weighted by Crippen LogP contribution is 2.33. The molecular weight excluding hydrogens is 1840 g/mol.